The van der Waals surface area contributed by atoms with Crippen LogP contribution in [0.3, 0.4) is 0 Å². The molecule has 1 rings (SSSR count). The first-order chi connectivity index (χ1) is 8.15. The summed E-state index contributed by atoms with van der Waals surface area (Å²) >= 11 is 0. The Morgan fingerprint density at radius 1 is 1.41 bits per heavy atom. The third-order valence-electron chi connectivity index (χ3n) is 2.19. The van der Waals surface area contributed by atoms with Crippen LogP contribution in [0.25, 0.3) is 0 Å². The number of nitrogens with zero attached hydrogens (tertiary/aromatic N) is 1. The van der Waals surface area contributed by atoms with E-state index < -0.39 is 6.10 Å². The molecule has 1 unspecified atom stereocenters. The maximum atomic E-state index is 11.4. The van der Waals surface area contributed by atoms with Crippen molar-refractivity contribution in [2.24, 2.45) is 0 Å². The Bertz CT molecular complexity index is 409. The molecule has 17 heavy (non-hydrogen) atoms. The number of nitrogens with one attached hydrogen (secondary N) is 1. The highest BCUT2D eigenvalue weighted by molar-refractivity contribution is 5.78. The highest BCUT2D eigenvalue weighted by Gasteiger charge is 2.06. The molecule has 0 heterocycles. The first-order valence-electron chi connectivity index (χ1n) is 5.20. The predicted octanol–water partition coefficient (Wildman–Crippen LogP) is -0.430. The van der Waals surface area contributed by atoms with Gasteiger partial charge in [-0.25, -0.2) is 0 Å². The molecule has 0 aliphatic rings. The lowest BCUT2D eigenvalue weighted by Gasteiger charge is -2.08. The zero-order valence-corrected chi connectivity index (χ0v) is 9.26. The topological polar surface area (TPSA) is 93.4 Å². The molecule has 90 valence electrons. The fraction of sp³-hybridized carbons (Fsp3) is 0.333. The van der Waals surface area contributed by atoms with E-state index in [2.05, 4.69) is 5.32 Å². The van der Waals surface area contributed by atoms with E-state index in [0.29, 0.717) is 5.56 Å². The van der Waals surface area contributed by atoms with Gasteiger partial charge in [0.25, 0.3) is 0 Å². The van der Waals surface area contributed by atoms with Crippen molar-refractivity contribution in [1.29, 1.82) is 5.26 Å². The van der Waals surface area contributed by atoms with Crippen LogP contribution in [-0.2, 0) is 11.2 Å². The van der Waals surface area contributed by atoms with Gasteiger partial charge in [-0.1, -0.05) is 12.1 Å². The summed E-state index contributed by atoms with van der Waals surface area (Å²) in [5.41, 5.74) is 1.34. The molecule has 3 N–H and O–H groups in total. The van der Waals surface area contributed by atoms with E-state index in [0.717, 1.165) is 5.56 Å². The molecule has 5 heteroatoms. The van der Waals surface area contributed by atoms with E-state index in [1.165, 1.54) is 0 Å². The molecule has 0 saturated carbocycles. The van der Waals surface area contributed by atoms with Gasteiger partial charge in [0.1, 0.15) is 0 Å². The molecule has 0 bridgehead atoms. The lowest BCUT2D eigenvalue weighted by molar-refractivity contribution is -0.121. The van der Waals surface area contributed by atoms with E-state index in [1.807, 2.05) is 6.07 Å². The van der Waals surface area contributed by atoms with Crippen molar-refractivity contribution in [1.82, 2.24) is 5.32 Å². The van der Waals surface area contributed by atoms with Crippen molar-refractivity contribution in [3.63, 3.8) is 0 Å². The summed E-state index contributed by atoms with van der Waals surface area (Å²) in [7, 11) is 0. The molecule has 0 radical (unpaired) electrons. The second-order valence-corrected chi connectivity index (χ2v) is 3.63. The van der Waals surface area contributed by atoms with Crippen LogP contribution in [0.15, 0.2) is 24.3 Å². The number of aliphatic hydroxyl groups is 2. The van der Waals surface area contributed by atoms with Crippen molar-refractivity contribution in [3.8, 4) is 6.07 Å². The van der Waals surface area contributed by atoms with Crippen LogP contribution < -0.4 is 5.32 Å². The molecule has 1 amide bonds. The molecular weight excluding hydrogens is 220 g/mol. The average Bonchev–Trinajstić information content (AvgIpc) is 2.36. The summed E-state index contributed by atoms with van der Waals surface area (Å²) in [5, 5.41) is 28.7. The number of amides is 1. The number of carbonyl (C=O) groups is 1. The Morgan fingerprint density at radius 3 is 2.59 bits per heavy atom. The predicted molar refractivity (Wildman–Crippen MR) is 61.0 cm³/mol. The van der Waals surface area contributed by atoms with Crippen LogP contribution in [0, 0.1) is 11.3 Å². The minimum Gasteiger partial charge on any atom is -0.394 e. The Hall–Kier alpha value is -1.90. The minimum atomic E-state index is -0.931. The molecule has 1 aromatic carbocycles. The summed E-state index contributed by atoms with van der Waals surface area (Å²) in [5.74, 6) is -0.234. The molecule has 0 saturated heterocycles. The first-order valence-corrected chi connectivity index (χ1v) is 5.20. The van der Waals surface area contributed by atoms with E-state index >= 15 is 0 Å². The van der Waals surface area contributed by atoms with Gasteiger partial charge in [-0.15, -0.1) is 0 Å². The van der Waals surface area contributed by atoms with Crippen LogP contribution in [0.4, 0.5) is 0 Å². The molecular formula is C12H14N2O3. The van der Waals surface area contributed by atoms with E-state index in [1.54, 1.807) is 24.3 Å². The van der Waals surface area contributed by atoms with Crippen molar-refractivity contribution in [2.45, 2.75) is 12.5 Å². The molecule has 0 fully saturated rings. The zero-order chi connectivity index (χ0) is 12.7. The highest BCUT2D eigenvalue weighted by Crippen LogP contribution is 2.03. The number of benzene rings is 1. The second-order valence-electron chi connectivity index (χ2n) is 3.63. The van der Waals surface area contributed by atoms with Crippen LogP contribution in [0.1, 0.15) is 11.1 Å². The van der Waals surface area contributed by atoms with E-state index in [9.17, 15) is 4.79 Å². The summed E-state index contributed by atoms with van der Waals surface area (Å²) in [6, 6.07) is 8.70. The first kappa shape index (κ1) is 13.2. The van der Waals surface area contributed by atoms with Gasteiger partial charge >= 0.3 is 0 Å². The standard InChI is InChI=1S/C12H14N2O3/c13-6-10-3-1-9(2-4-10)5-12(17)14-7-11(16)8-15/h1-4,11,15-16H,5,7-8H2,(H,14,17). The normalized spacial score (nSPS) is 11.6. The summed E-state index contributed by atoms with van der Waals surface area (Å²) < 4.78 is 0. The largest absolute Gasteiger partial charge is 0.394 e. The highest BCUT2D eigenvalue weighted by atomic mass is 16.3. The quantitative estimate of drug-likeness (QED) is 0.644. The average molecular weight is 234 g/mol. The zero-order valence-electron chi connectivity index (χ0n) is 9.26. The van der Waals surface area contributed by atoms with Gasteiger partial charge in [-0.2, -0.15) is 5.26 Å². The Balaban J connectivity index is 2.43. The monoisotopic (exact) mass is 234 g/mol. The number of rotatable bonds is 5. The Labute approximate surface area is 99.3 Å². The molecule has 0 spiro atoms. The van der Waals surface area contributed by atoms with Crippen LogP contribution >= 0.6 is 0 Å². The van der Waals surface area contributed by atoms with E-state index in [4.69, 9.17) is 15.5 Å². The van der Waals surface area contributed by atoms with Crippen molar-refractivity contribution in [2.75, 3.05) is 13.2 Å². The lowest BCUT2D eigenvalue weighted by atomic mass is 10.1. The van der Waals surface area contributed by atoms with Crippen molar-refractivity contribution in [3.05, 3.63) is 35.4 Å². The van der Waals surface area contributed by atoms with Gasteiger partial charge in [-0.3, -0.25) is 4.79 Å². The van der Waals surface area contributed by atoms with Gasteiger partial charge in [0, 0.05) is 6.54 Å². The van der Waals surface area contributed by atoms with Crippen molar-refractivity contribution >= 4 is 5.91 Å². The van der Waals surface area contributed by atoms with Gasteiger partial charge in [-0.05, 0) is 17.7 Å². The van der Waals surface area contributed by atoms with Gasteiger partial charge in [0.05, 0.1) is 30.8 Å². The minimum absolute atomic E-state index is 0.0333. The fourth-order valence-corrected chi connectivity index (χ4v) is 1.24. The Kier molecular flexibility index (Phi) is 5.14. The molecule has 0 aliphatic carbocycles. The molecule has 0 aromatic heterocycles. The molecule has 1 atom stereocenters. The second kappa shape index (κ2) is 6.63. The van der Waals surface area contributed by atoms with Crippen molar-refractivity contribution < 1.29 is 15.0 Å². The molecule has 5 nitrogen and oxygen atoms in total. The lowest BCUT2D eigenvalue weighted by Crippen LogP contribution is -2.34. The fourth-order valence-electron chi connectivity index (χ4n) is 1.24. The van der Waals surface area contributed by atoms with Gasteiger partial charge in [0.2, 0.25) is 5.91 Å². The maximum Gasteiger partial charge on any atom is 0.224 e. The molecule has 0 aliphatic heterocycles. The SMILES string of the molecule is N#Cc1ccc(CC(=O)NCC(O)CO)cc1. The van der Waals surface area contributed by atoms with Crippen LogP contribution in [0.2, 0.25) is 0 Å². The Morgan fingerprint density at radius 2 is 2.06 bits per heavy atom. The third kappa shape index (κ3) is 4.64. The number of hydrogen-bond donors (Lipinski definition) is 3. The van der Waals surface area contributed by atoms with Gasteiger partial charge in [0.15, 0.2) is 0 Å². The summed E-state index contributed by atoms with van der Waals surface area (Å²) in [6.07, 6.45) is -0.746. The third-order valence-corrected chi connectivity index (χ3v) is 2.19. The van der Waals surface area contributed by atoms with E-state index in [-0.39, 0.29) is 25.5 Å². The number of hydrogen-bond acceptors (Lipinski definition) is 4. The summed E-state index contributed by atoms with van der Waals surface area (Å²) in [6.45, 7) is -0.344. The number of carbonyl (C=O) groups excluding carboxylic acids is 1. The number of aliphatic hydroxyl groups excluding tert-OH is 2. The maximum absolute atomic E-state index is 11.4. The number of nitriles is 1. The molecule has 1 aromatic rings. The summed E-state index contributed by atoms with van der Waals surface area (Å²) in [4.78, 5) is 11.4. The smallest absolute Gasteiger partial charge is 0.224 e. The van der Waals surface area contributed by atoms with Crippen LogP contribution in [-0.4, -0.2) is 35.4 Å². The van der Waals surface area contributed by atoms with Gasteiger partial charge < -0.3 is 15.5 Å². The van der Waals surface area contributed by atoms with Crippen LogP contribution in [0.5, 0.6) is 0 Å².